The van der Waals surface area contributed by atoms with E-state index in [-0.39, 0.29) is 22.3 Å². The number of hydrogen-bond acceptors (Lipinski definition) is 3. The number of aromatic nitrogens is 1. The van der Waals surface area contributed by atoms with Crippen molar-refractivity contribution in [2.75, 3.05) is 0 Å². The first-order valence-electron chi connectivity index (χ1n) is 11.3. The number of rotatable bonds is 5. The van der Waals surface area contributed by atoms with Crippen molar-refractivity contribution in [2.45, 2.75) is 116 Å². The van der Waals surface area contributed by atoms with Crippen molar-refractivity contribution in [1.82, 2.24) is 4.98 Å². The Hall–Kier alpha value is -0.496. The molecule has 1 fully saturated rings. The Morgan fingerprint density at radius 1 is 0.828 bits per heavy atom. The van der Waals surface area contributed by atoms with Gasteiger partial charge in [0, 0.05) is 12.4 Å². The highest BCUT2D eigenvalue weighted by Gasteiger charge is 2.48. The molecule has 0 spiro atoms. The van der Waals surface area contributed by atoms with E-state index in [9.17, 15) is 0 Å². The average molecular weight is 436 g/mol. The average Bonchev–Trinajstić information content (AvgIpc) is 2.56. The fraction of sp³-hybridized carbons (Fsp3) is 0.792. The van der Waals surface area contributed by atoms with Gasteiger partial charge in [-0.25, -0.2) is 0 Å². The van der Waals surface area contributed by atoms with E-state index in [2.05, 4.69) is 91.8 Å². The van der Waals surface area contributed by atoms with Gasteiger partial charge in [-0.05, 0) is 78.6 Å². The van der Waals surface area contributed by atoms with E-state index in [1.807, 2.05) is 12.4 Å². The molecule has 1 aliphatic rings. The zero-order valence-corrected chi connectivity index (χ0v) is 22.8. The molecule has 0 bridgehead atoms. The van der Waals surface area contributed by atoms with Gasteiger partial charge in [0.05, 0.1) is 12.2 Å². The van der Waals surface area contributed by atoms with Crippen LogP contribution in [0.5, 0.6) is 0 Å². The van der Waals surface area contributed by atoms with E-state index in [4.69, 9.17) is 8.85 Å². The summed E-state index contributed by atoms with van der Waals surface area (Å²) in [5.74, 6) is 0.993. The number of nitrogens with zero attached hydrogens (tertiary/aromatic N) is 1. The lowest BCUT2D eigenvalue weighted by molar-refractivity contribution is -0.0305. The molecule has 0 aliphatic heterocycles. The van der Waals surface area contributed by atoms with Crippen LogP contribution < -0.4 is 0 Å². The molecule has 0 unspecified atom stereocenters. The molecule has 1 heterocycles. The fourth-order valence-corrected chi connectivity index (χ4v) is 6.51. The molecule has 3 nitrogen and oxygen atoms in total. The molecular formula is C24H45NO2Si2. The molecule has 1 aromatic rings. The van der Waals surface area contributed by atoms with Gasteiger partial charge in [-0.3, -0.25) is 4.98 Å². The predicted molar refractivity (Wildman–Crippen MR) is 130 cm³/mol. The first kappa shape index (κ1) is 24.8. The molecule has 1 aromatic heterocycles. The molecule has 4 atom stereocenters. The van der Waals surface area contributed by atoms with Gasteiger partial charge in [0.2, 0.25) is 0 Å². The molecule has 0 saturated heterocycles. The Bertz CT molecular complexity index is 662. The Balaban J connectivity index is 2.35. The van der Waals surface area contributed by atoms with Gasteiger partial charge < -0.3 is 8.85 Å². The molecule has 2 rings (SSSR count). The quantitative estimate of drug-likeness (QED) is 0.452. The van der Waals surface area contributed by atoms with E-state index >= 15 is 0 Å². The zero-order chi connectivity index (χ0) is 22.3. The molecular weight excluding hydrogens is 390 g/mol. The van der Waals surface area contributed by atoms with Gasteiger partial charge in [-0.15, -0.1) is 0 Å². The summed E-state index contributed by atoms with van der Waals surface area (Å²) in [4.78, 5) is 4.22. The van der Waals surface area contributed by atoms with E-state index in [0.717, 1.165) is 12.8 Å². The maximum Gasteiger partial charge on any atom is 0.192 e. The Morgan fingerprint density at radius 3 is 1.79 bits per heavy atom. The van der Waals surface area contributed by atoms with Gasteiger partial charge in [-0.1, -0.05) is 48.5 Å². The van der Waals surface area contributed by atoms with Gasteiger partial charge in [0.1, 0.15) is 0 Å². The van der Waals surface area contributed by atoms with Crippen LogP contribution in [0.15, 0.2) is 24.5 Å². The van der Waals surface area contributed by atoms with Crippen molar-refractivity contribution in [2.24, 2.45) is 5.92 Å². The monoisotopic (exact) mass is 435 g/mol. The molecule has 5 heteroatoms. The second kappa shape index (κ2) is 8.56. The lowest BCUT2D eigenvalue weighted by Crippen LogP contribution is -2.55. The van der Waals surface area contributed by atoms with Crippen molar-refractivity contribution in [1.29, 1.82) is 0 Å². The number of pyridine rings is 1. The standard InChI is InChI=1S/C24H45NO2Si2/c1-18-16-20(19-12-14-25-15-13-19)17-21(26-28(8,9)23(2,3)4)22(18)27-29(10,11)24(5,6)7/h12-15,18,20-22H,16-17H2,1-11H3/t18-,20-,21-,22+/m1/s1. The third kappa shape index (κ3) is 5.81. The summed E-state index contributed by atoms with van der Waals surface area (Å²) in [5.41, 5.74) is 1.39. The molecule has 0 amide bonds. The van der Waals surface area contributed by atoms with Gasteiger partial charge in [-0.2, -0.15) is 0 Å². The SMILES string of the molecule is C[C@@H]1C[C@@H](c2ccncc2)C[C@@H](O[Si](C)(C)C(C)(C)C)[C@H]1O[Si](C)(C)C(C)(C)C. The third-order valence-corrected chi connectivity index (χ3v) is 16.7. The second-order valence-electron chi connectivity index (χ2n) is 12.2. The lowest BCUT2D eigenvalue weighted by atomic mass is 9.76. The fourth-order valence-electron chi connectivity index (χ4n) is 3.75. The minimum Gasteiger partial charge on any atom is -0.411 e. The lowest BCUT2D eigenvalue weighted by Gasteiger charge is -2.50. The minimum atomic E-state index is -1.89. The van der Waals surface area contributed by atoms with Crippen LogP contribution in [0.3, 0.4) is 0 Å². The summed E-state index contributed by atoms with van der Waals surface area (Å²) >= 11 is 0. The Labute approximate surface area is 182 Å². The molecule has 0 N–H and O–H groups in total. The predicted octanol–water partition coefficient (Wildman–Crippen LogP) is 7.38. The van der Waals surface area contributed by atoms with Crippen molar-refractivity contribution < 1.29 is 8.85 Å². The Morgan fingerprint density at radius 2 is 1.31 bits per heavy atom. The van der Waals surface area contributed by atoms with E-state index in [1.165, 1.54) is 5.56 Å². The third-order valence-electron chi connectivity index (χ3n) is 7.77. The van der Waals surface area contributed by atoms with Gasteiger partial charge in [0.15, 0.2) is 16.6 Å². The van der Waals surface area contributed by atoms with Crippen LogP contribution in [-0.2, 0) is 8.85 Å². The first-order valence-corrected chi connectivity index (χ1v) is 17.1. The molecule has 1 aliphatic carbocycles. The van der Waals surface area contributed by atoms with E-state index < -0.39 is 16.6 Å². The van der Waals surface area contributed by atoms with Gasteiger partial charge >= 0.3 is 0 Å². The van der Waals surface area contributed by atoms with E-state index in [1.54, 1.807) is 0 Å². The Kier molecular flexibility index (Phi) is 7.31. The summed E-state index contributed by atoms with van der Waals surface area (Å²) in [6.07, 6.45) is 6.38. The summed E-state index contributed by atoms with van der Waals surface area (Å²) in [6.45, 7) is 25.8. The highest BCUT2D eigenvalue weighted by atomic mass is 28.4. The molecule has 0 aromatic carbocycles. The largest absolute Gasteiger partial charge is 0.411 e. The van der Waals surface area contributed by atoms with Crippen LogP contribution in [0, 0.1) is 5.92 Å². The van der Waals surface area contributed by atoms with Crippen LogP contribution >= 0.6 is 0 Å². The van der Waals surface area contributed by atoms with Crippen molar-refractivity contribution >= 4 is 16.6 Å². The number of hydrogen-bond donors (Lipinski definition) is 0. The summed E-state index contributed by atoms with van der Waals surface area (Å²) in [5, 5.41) is 0.400. The first-order chi connectivity index (χ1) is 13.1. The summed E-state index contributed by atoms with van der Waals surface area (Å²) in [6, 6.07) is 4.35. The van der Waals surface area contributed by atoms with Crippen LogP contribution in [0.25, 0.3) is 0 Å². The smallest absolute Gasteiger partial charge is 0.192 e. The van der Waals surface area contributed by atoms with Crippen molar-refractivity contribution in [3.63, 3.8) is 0 Å². The topological polar surface area (TPSA) is 31.4 Å². The second-order valence-corrected chi connectivity index (χ2v) is 21.7. The van der Waals surface area contributed by atoms with Crippen LogP contribution in [0.1, 0.15) is 72.8 Å². The van der Waals surface area contributed by atoms with E-state index in [0.29, 0.717) is 11.8 Å². The van der Waals surface area contributed by atoms with Crippen LogP contribution in [0.2, 0.25) is 36.3 Å². The molecule has 0 radical (unpaired) electrons. The van der Waals surface area contributed by atoms with Crippen molar-refractivity contribution in [3.05, 3.63) is 30.1 Å². The highest BCUT2D eigenvalue weighted by Crippen LogP contribution is 2.46. The highest BCUT2D eigenvalue weighted by molar-refractivity contribution is 6.74. The zero-order valence-electron chi connectivity index (χ0n) is 20.8. The van der Waals surface area contributed by atoms with Crippen LogP contribution in [-0.4, -0.2) is 33.8 Å². The van der Waals surface area contributed by atoms with Gasteiger partial charge in [0.25, 0.3) is 0 Å². The summed E-state index contributed by atoms with van der Waals surface area (Å²) < 4.78 is 14.1. The summed E-state index contributed by atoms with van der Waals surface area (Å²) in [7, 11) is -3.77. The normalized spacial score (nSPS) is 27.1. The maximum absolute atomic E-state index is 7.06. The van der Waals surface area contributed by atoms with Crippen LogP contribution in [0.4, 0.5) is 0 Å². The molecule has 1 saturated carbocycles. The maximum atomic E-state index is 7.06. The molecule has 166 valence electrons. The minimum absolute atomic E-state index is 0.159. The molecule has 29 heavy (non-hydrogen) atoms. The van der Waals surface area contributed by atoms with Crippen molar-refractivity contribution in [3.8, 4) is 0 Å².